The van der Waals surface area contributed by atoms with Crippen LogP contribution in [0.15, 0.2) is 0 Å². The van der Waals surface area contributed by atoms with Crippen LogP contribution in [0.3, 0.4) is 0 Å². The van der Waals surface area contributed by atoms with Gasteiger partial charge in [-0.2, -0.15) is 0 Å². The van der Waals surface area contributed by atoms with Crippen molar-refractivity contribution in [3.8, 4) is 0 Å². The van der Waals surface area contributed by atoms with Crippen LogP contribution in [0.5, 0.6) is 0 Å². The lowest BCUT2D eigenvalue weighted by Gasteiger charge is -2.34. The molecule has 76 valence electrons. The van der Waals surface area contributed by atoms with Crippen LogP contribution in [0, 0.1) is 0 Å². The largest absolute Gasteiger partial charge is 0.346 e. The third kappa shape index (κ3) is 1.92. The topological polar surface area (TPSA) is 32.5 Å². The van der Waals surface area contributed by atoms with Gasteiger partial charge in [-0.05, 0) is 6.42 Å². The Kier molecular flexibility index (Phi) is 2.96. The van der Waals surface area contributed by atoms with Gasteiger partial charge in [0.1, 0.15) is 0 Å². The zero-order chi connectivity index (χ0) is 9.31. The minimum atomic E-state index is -2.62. The van der Waals surface area contributed by atoms with E-state index in [1.807, 2.05) is 9.34 Å². The highest BCUT2D eigenvalue weighted by Gasteiger charge is 2.45. The average molecular weight is 225 g/mol. The van der Waals surface area contributed by atoms with Gasteiger partial charge in [0, 0.05) is 32.1 Å². The molecular formula is C7H14ClN2O2P. The van der Waals surface area contributed by atoms with E-state index in [0.29, 0.717) is 19.0 Å². The number of hydrogen-bond acceptors (Lipinski definition) is 2. The Morgan fingerprint density at radius 2 is 2.15 bits per heavy atom. The van der Waals surface area contributed by atoms with E-state index in [4.69, 9.17) is 16.1 Å². The Labute approximate surface area is 83.3 Å². The van der Waals surface area contributed by atoms with Crippen molar-refractivity contribution in [1.82, 2.24) is 9.34 Å². The zero-order valence-corrected chi connectivity index (χ0v) is 9.14. The molecule has 0 aromatic carbocycles. The average Bonchev–Trinajstić information content (AvgIpc) is 2.92. The zero-order valence-electron chi connectivity index (χ0n) is 7.49. The summed E-state index contributed by atoms with van der Waals surface area (Å²) >= 11 is 5.65. The highest BCUT2D eigenvalue weighted by molar-refractivity contribution is 7.54. The predicted octanol–water partition coefficient (Wildman–Crippen LogP) is 1.37. The van der Waals surface area contributed by atoms with E-state index in [2.05, 4.69) is 0 Å². The first-order valence-electron chi connectivity index (χ1n) is 4.59. The first kappa shape index (κ1) is 9.94. The summed E-state index contributed by atoms with van der Waals surface area (Å²) in [4.78, 5) is 0. The Morgan fingerprint density at radius 3 is 2.77 bits per heavy atom. The smallest absolute Gasteiger partial charge is 0.306 e. The van der Waals surface area contributed by atoms with Gasteiger partial charge in [-0.3, -0.25) is 4.57 Å². The summed E-state index contributed by atoms with van der Waals surface area (Å²) in [7, 11) is -2.62. The van der Waals surface area contributed by atoms with Crippen molar-refractivity contribution >= 4 is 19.3 Å². The minimum absolute atomic E-state index is 0.515. The molecule has 0 aromatic heterocycles. The Balaban J connectivity index is 2.07. The highest BCUT2D eigenvalue weighted by atomic mass is 35.5. The lowest BCUT2D eigenvalue weighted by atomic mass is 10.4. The van der Waals surface area contributed by atoms with Crippen LogP contribution in [0.4, 0.5) is 0 Å². The number of alkyl halides is 1. The minimum Gasteiger partial charge on any atom is -0.306 e. The van der Waals surface area contributed by atoms with Crippen molar-refractivity contribution in [2.24, 2.45) is 0 Å². The van der Waals surface area contributed by atoms with Gasteiger partial charge in [-0.25, -0.2) is 9.34 Å². The van der Waals surface area contributed by atoms with Crippen LogP contribution in [0.2, 0.25) is 0 Å². The molecule has 0 aliphatic carbocycles. The molecule has 2 fully saturated rings. The standard InChI is InChI=1S/C7H14ClN2O2P/c8-2-4-9-3-1-7-12-13(9,11)10-5-6-10/h1-7H2/t13-/m1/s1. The molecule has 13 heavy (non-hydrogen) atoms. The third-order valence-corrected chi connectivity index (χ3v) is 5.22. The molecule has 1 atom stereocenters. The highest BCUT2D eigenvalue weighted by Crippen LogP contribution is 2.59. The molecule has 0 spiro atoms. The monoisotopic (exact) mass is 224 g/mol. The van der Waals surface area contributed by atoms with E-state index in [-0.39, 0.29) is 0 Å². The first-order chi connectivity index (χ1) is 6.27. The number of nitrogens with zero attached hydrogens (tertiary/aromatic N) is 2. The number of rotatable bonds is 3. The number of hydrogen-bond donors (Lipinski definition) is 0. The molecular weight excluding hydrogens is 211 g/mol. The summed E-state index contributed by atoms with van der Waals surface area (Å²) < 4.78 is 21.5. The molecule has 0 N–H and O–H groups in total. The predicted molar refractivity (Wildman–Crippen MR) is 52.0 cm³/mol. The van der Waals surface area contributed by atoms with Crippen molar-refractivity contribution in [2.45, 2.75) is 6.42 Å². The van der Waals surface area contributed by atoms with Crippen LogP contribution in [-0.4, -0.2) is 48.0 Å². The maximum atomic E-state index is 12.3. The van der Waals surface area contributed by atoms with Gasteiger partial charge in [0.05, 0.1) is 6.61 Å². The molecule has 0 bridgehead atoms. The van der Waals surface area contributed by atoms with E-state index < -0.39 is 7.67 Å². The second-order valence-corrected chi connectivity index (χ2v) is 6.02. The Bertz CT molecular complexity index is 233. The fourth-order valence-corrected chi connectivity index (χ4v) is 4.25. The molecule has 2 rings (SSSR count). The van der Waals surface area contributed by atoms with Gasteiger partial charge in [0.25, 0.3) is 0 Å². The van der Waals surface area contributed by atoms with E-state index in [1.54, 1.807) is 0 Å². The lowest BCUT2D eigenvalue weighted by molar-refractivity contribution is 0.192. The lowest BCUT2D eigenvalue weighted by Crippen LogP contribution is -2.32. The quantitative estimate of drug-likeness (QED) is 0.412. The SMILES string of the molecule is O=[P@@]1(N2CC2)OCCCN1CCCl. The first-order valence-corrected chi connectivity index (χ1v) is 6.65. The van der Waals surface area contributed by atoms with Crippen LogP contribution < -0.4 is 0 Å². The second kappa shape index (κ2) is 3.87. The molecule has 0 saturated carbocycles. The van der Waals surface area contributed by atoms with Crippen LogP contribution in [-0.2, 0) is 9.09 Å². The van der Waals surface area contributed by atoms with Gasteiger partial charge < -0.3 is 4.52 Å². The normalized spacial score (nSPS) is 36.4. The van der Waals surface area contributed by atoms with Crippen molar-refractivity contribution in [3.63, 3.8) is 0 Å². The molecule has 0 amide bonds. The molecule has 2 saturated heterocycles. The third-order valence-electron chi connectivity index (χ3n) is 2.30. The Hall–Kier alpha value is 0.400. The second-order valence-electron chi connectivity index (χ2n) is 3.27. The maximum absolute atomic E-state index is 12.3. The summed E-state index contributed by atoms with van der Waals surface area (Å²) in [6, 6.07) is 0. The molecule has 2 heterocycles. The summed E-state index contributed by atoms with van der Waals surface area (Å²) in [5.41, 5.74) is 0. The molecule has 4 nitrogen and oxygen atoms in total. The Morgan fingerprint density at radius 1 is 1.38 bits per heavy atom. The molecule has 0 radical (unpaired) electrons. The van der Waals surface area contributed by atoms with Crippen LogP contribution >= 0.6 is 19.3 Å². The molecule has 2 aliphatic heterocycles. The van der Waals surface area contributed by atoms with Crippen molar-refractivity contribution in [3.05, 3.63) is 0 Å². The van der Waals surface area contributed by atoms with Crippen molar-refractivity contribution < 1.29 is 9.09 Å². The van der Waals surface area contributed by atoms with Crippen LogP contribution in [0.25, 0.3) is 0 Å². The molecule has 0 unspecified atom stereocenters. The molecule has 2 aliphatic rings. The van der Waals surface area contributed by atoms with Crippen LogP contribution in [0.1, 0.15) is 6.42 Å². The van der Waals surface area contributed by atoms with Gasteiger partial charge >= 0.3 is 7.67 Å². The molecule has 0 aromatic rings. The van der Waals surface area contributed by atoms with E-state index >= 15 is 0 Å². The van der Waals surface area contributed by atoms with E-state index in [0.717, 1.165) is 26.1 Å². The summed E-state index contributed by atoms with van der Waals surface area (Å²) in [6.45, 7) is 3.93. The van der Waals surface area contributed by atoms with Gasteiger partial charge in [-0.15, -0.1) is 11.6 Å². The van der Waals surface area contributed by atoms with Gasteiger partial charge in [0.2, 0.25) is 0 Å². The van der Waals surface area contributed by atoms with E-state index in [1.165, 1.54) is 0 Å². The molecule has 6 heteroatoms. The summed E-state index contributed by atoms with van der Waals surface area (Å²) in [6.07, 6.45) is 0.953. The van der Waals surface area contributed by atoms with Gasteiger partial charge in [0.15, 0.2) is 0 Å². The van der Waals surface area contributed by atoms with E-state index in [9.17, 15) is 4.57 Å². The number of halogens is 1. The van der Waals surface area contributed by atoms with Gasteiger partial charge in [-0.1, -0.05) is 0 Å². The maximum Gasteiger partial charge on any atom is 0.346 e. The van der Waals surface area contributed by atoms with Crippen molar-refractivity contribution in [2.75, 3.05) is 38.7 Å². The fourth-order valence-electron chi connectivity index (χ4n) is 1.53. The van der Waals surface area contributed by atoms with Crippen molar-refractivity contribution in [1.29, 1.82) is 0 Å². The fraction of sp³-hybridized carbons (Fsp3) is 1.00. The summed E-state index contributed by atoms with van der Waals surface area (Å²) in [5, 5.41) is 0. The summed E-state index contributed by atoms with van der Waals surface area (Å²) in [5.74, 6) is 0.515.